The topological polar surface area (TPSA) is 130 Å². The maximum Gasteiger partial charge on any atom is 0.414 e. The summed E-state index contributed by atoms with van der Waals surface area (Å²) in [5.41, 5.74) is 5.43. The molecule has 7 nitrogen and oxygen atoms in total. The second kappa shape index (κ2) is 5.53. The van der Waals surface area contributed by atoms with Crippen molar-refractivity contribution < 1.29 is 29.6 Å². The van der Waals surface area contributed by atoms with Crippen molar-refractivity contribution >= 4 is 11.9 Å². The molecule has 1 rings (SSSR count). The van der Waals surface area contributed by atoms with E-state index in [0.29, 0.717) is 19.6 Å². The average Bonchev–Trinajstić information content (AvgIpc) is 2.03. The molecule has 82 valence electrons. The van der Waals surface area contributed by atoms with Crippen LogP contribution in [0.1, 0.15) is 6.42 Å². The van der Waals surface area contributed by atoms with Crippen molar-refractivity contribution in [3.05, 3.63) is 0 Å². The van der Waals surface area contributed by atoms with Gasteiger partial charge in [-0.15, -0.1) is 0 Å². The van der Waals surface area contributed by atoms with E-state index in [1.165, 1.54) is 0 Å². The molecule has 1 fully saturated rings. The van der Waals surface area contributed by atoms with Crippen molar-refractivity contribution in [3.63, 3.8) is 0 Å². The normalized spacial score (nSPS) is 17.3. The van der Waals surface area contributed by atoms with Gasteiger partial charge in [-0.05, 0) is 6.42 Å². The van der Waals surface area contributed by atoms with E-state index in [2.05, 4.69) is 0 Å². The second-order valence-electron chi connectivity index (χ2n) is 2.94. The summed E-state index contributed by atoms with van der Waals surface area (Å²) in [4.78, 5) is 18.2. The van der Waals surface area contributed by atoms with Crippen LogP contribution in [0.2, 0.25) is 0 Å². The second-order valence-corrected chi connectivity index (χ2v) is 2.94. The van der Waals surface area contributed by atoms with Crippen LogP contribution in [-0.4, -0.2) is 52.6 Å². The summed E-state index contributed by atoms with van der Waals surface area (Å²) in [6, 6.07) is 0. The van der Waals surface area contributed by atoms with Crippen LogP contribution in [0, 0.1) is 0 Å². The number of carboxylic acids is 2. The third-order valence-corrected chi connectivity index (χ3v) is 1.57. The first-order valence-corrected chi connectivity index (χ1v) is 3.85. The zero-order chi connectivity index (χ0) is 11.2. The molecule has 0 bridgehead atoms. The SMILES string of the molecule is NC1(CCO)COC1.O=C(O)C(=O)O. The minimum absolute atomic E-state index is 0.167. The zero-order valence-corrected chi connectivity index (χ0v) is 7.47. The molecule has 0 amide bonds. The van der Waals surface area contributed by atoms with Crippen molar-refractivity contribution in [2.75, 3.05) is 19.8 Å². The number of nitrogens with two attached hydrogens (primary N) is 1. The molecular formula is C7H13NO6. The summed E-state index contributed by atoms with van der Waals surface area (Å²) < 4.78 is 4.85. The van der Waals surface area contributed by atoms with Gasteiger partial charge in [0.05, 0.1) is 18.8 Å². The number of ether oxygens (including phenoxy) is 1. The van der Waals surface area contributed by atoms with Crippen LogP contribution in [0.4, 0.5) is 0 Å². The highest BCUT2D eigenvalue weighted by atomic mass is 16.5. The Kier molecular flexibility index (Phi) is 5.06. The Hall–Kier alpha value is -1.18. The van der Waals surface area contributed by atoms with Gasteiger partial charge in [-0.25, -0.2) is 9.59 Å². The lowest BCUT2D eigenvalue weighted by molar-refractivity contribution is -0.159. The molecule has 0 spiro atoms. The van der Waals surface area contributed by atoms with E-state index in [0.717, 1.165) is 0 Å². The lowest BCUT2D eigenvalue weighted by Gasteiger charge is -2.37. The van der Waals surface area contributed by atoms with Gasteiger partial charge >= 0.3 is 11.9 Å². The number of hydrogen-bond donors (Lipinski definition) is 4. The summed E-state index contributed by atoms with van der Waals surface area (Å²) >= 11 is 0. The highest BCUT2D eigenvalue weighted by Crippen LogP contribution is 2.16. The maximum atomic E-state index is 9.10. The third kappa shape index (κ3) is 4.75. The monoisotopic (exact) mass is 207 g/mol. The van der Waals surface area contributed by atoms with Crippen LogP contribution >= 0.6 is 0 Å². The van der Waals surface area contributed by atoms with E-state index >= 15 is 0 Å². The summed E-state index contributed by atoms with van der Waals surface area (Å²) in [5, 5.41) is 23.2. The Morgan fingerprint density at radius 1 is 1.29 bits per heavy atom. The maximum absolute atomic E-state index is 9.10. The fourth-order valence-electron chi connectivity index (χ4n) is 0.731. The summed E-state index contributed by atoms with van der Waals surface area (Å²) in [7, 11) is 0. The molecular weight excluding hydrogens is 194 g/mol. The fraction of sp³-hybridized carbons (Fsp3) is 0.714. The molecule has 0 aromatic carbocycles. The van der Waals surface area contributed by atoms with Crippen molar-refractivity contribution in [1.82, 2.24) is 0 Å². The molecule has 0 saturated carbocycles. The Morgan fingerprint density at radius 2 is 1.71 bits per heavy atom. The molecule has 0 aromatic heterocycles. The van der Waals surface area contributed by atoms with Crippen molar-refractivity contribution in [3.8, 4) is 0 Å². The molecule has 0 unspecified atom stereocenters. The van der Waals surface area contributed by atoms with E-state index in [-0.39, 0.29) is 12.1 Å². The predicted octanol–water partition coefficient (Wildman–Crippen LogP) is -1.75. The lowest BCUT2D eigenvalue weighted by Crippen LogP contribution is -2.57. The largest absolute Gasteiger partial charge is 0.473 e. The first kappa shape index (κ1) is 12.8. The number of aliphatic carboxylic acids is 2. The molecule has 1 saturated heterocycles. The van der Waals surface area contributed by atoms with E-state index < -0.39 is 11.9 Å². The van der Waals surface area contributed by atoms with Crippen molar-refractivity contribution in [2.45, 2.75) is 12.0 Å². The van der Waals surface area contributed by atoms with Crippen LogP contribution in [0.3, 0.4) is 0 Å². The van der Waals surface area contributed by atoms with Crippen LogP contribution in [-0.2, 0) is 14.3 Å². The van der Waals surface area contributed by atoms with E-state index in [4.69, 9.17) is 35.4 Å². The van der Waals surface area contributed by atoms with Crippen LogP contribution in [0.25, 0.3) is 0 Å². The van der Waals surface area contributed by atoms with Crippen LogP contribution < -0.4 is 5.73 Å². The number of aliphatic hydroxyl groups is 1. The minimum Gasteiger partial charge on any atom is -0.473 e. The zero-order valence-electron chi connectivity index (χ0n) is 7.47. The molecule has 7 heteroatoms. The van der Waals surface area contributed by atoms with Crippen molar-refractivity contribution in [1.29, 1.82) is 0 Å². The first-order valence-electron chi connectivity index (χ1n) is 3.85. The Morgan fingerprint density at radius 3 is 1.79 bits per heavy atom. The molecule has 1 heterocycles. The molecule has 0 radical (unpaired) electrons. The van der Waals surface area contributed by atoms with Gasteiger partial charge in [0.2, 0.25) is 0 Å². The quantitative estimate of drug-likeness (QED) is 0.395. The number of carbonyl (C=O) groups is 2. The van der Waals surface area contributed by atoms with Gasteiger partial charge < -0.3 is 25.8 Å². The molecule has 0 aromatic rings. The van der Waals surface area contributed by atoms with E-state index in [9.17, 15) is 0 Å². The number of aliphatic hydroxyl groups excluding tert-OH is 1. The van der Waals surface area contributed by atoms with E-state index in [1.807, 2.05) is 0 Å². The van der Waals surface area contributed by atoms with Gasteiger partial charge in [0.25, 0.3) is 0 Å². The first-order chi connectivity index (χ1) is 6.41. The number of rotatable bonds is 2. The molecule has 0 aliphatic carbocycles. The smallest absolute Gasteiger partial charge is 0.414 e. The average molecular weight is 207 g/mol. The standard InChI is InChI=1S/C5H11NO2.C2H2O4/c6-5(1-2-7)3-8-4-5;3-1(4)2(5)6/h7H,1-4,6H2;(H,3,4)(H,5,6). The molecule has 0 atom stereocenters. The van der Waals surface area contributed by atoms with Gasteiger partial charge in [-0.2, -0.15) is 0 Å². The number of carboxylic acid groups (broad SMARTS) is 2. The molecule has 1 aliphatic rings. The van der Waals surface area contributed by atoms with Gasteiger partial charge in [-0.3, -0.25) is 0 Å². The lowest BCUT2D eigenvalue weighted by atomic mass is 9.95. The van der Waals surface area contributed by atoms with Gasteiger partial charge in [-0.1, -0.05) is 0 Å². The van der Waals surface area contributed by atoms with Gasteiger partial charge in [0, 0.05) is 6.61 Å². The molecule has 1 aliphatic heterocycles. The minimum atomic E-state index is -1.82. The fourth-order valence-corrected chi connectivity index (χ4v) is 0.731. The third-order valence-electron chi connectivity index (χ3n) is 1.57. The van der Waals surface area contributed by atoms with Crippen LogP contribution in [0.5, 0.6) is 0 Å². The molecule has 5 N–H and O–H groups in total. The predicted molar refractivity (Wildman–Crippen MR) is 44.7 cm³/mol. The highest BCUT2D eigenvalue weighted by molar-refractivity contribution is 6.27. The Balaban J connectivity index is 0.000000255. The van der Waals surface area contributed by atoms with Crippen molar-refractivity contribution in [2.24, 2.45) is 5.73 Å². The highest BCUT2D eigenvalue weighted by Gasteiger charge is 2.32. The Bertz CT molecular complexity index is 200. The number of hydrogen-bond acceptors (Lipinski definition) is 5. The molecule has 14 heavy (non-hydrogen) atoms. The summed E-state index contributed by atoms with van der Waals surface area (Å²) in [5.74, 6) is -3.65. The van der Waals surface area contributed by atoms with Crippen LogP contribution in [0.15, 0.2) is 0 Å². The summed E-state index contributed by atoms with van der Waals surface area (Å²) in [6.07, 6.45) is 0.660. The van der Waals surface area contributed by atoms with Gasteiger partial charge in [0.1, 0.15) is 0 Å². The van der Waals surface area contributed by atoms with Gasteiger partial charge in [0.15, 0.2) is 0 Å². The summed E-state index contributed by atoms with van der Waals surface area (Å²) in [6.45, 7) is 1.38. The van der Waals surface area contributed by atoms with E-state index in [1.54, 1.807) is 0 Å². The Labute approximate surface area is 80.1 Å².